The van der Waals surface area contributed by atoms with Crippen molar-refractivity contribution in [3.05, 3.63) is 0 Å². The number of aliphatic hydroxyl groups is 1. The fraction of sp³-hybridized carbons (Fsp3) is 0.875. The van der Waals surface area contributed by atoms with Crippen molar-refractivity contribution < 1.29 is 15.0 Å². The first-order valence-electron chi connectivity index (χ1n) is 4.30. The zero-order chi connectivity index (χ0) is 8.97. The third kappa shape index (κ3) is 2.79. The summed E-state index contributed by atoms with van der Waals surface area (Å²) in [5.74, 6) is -0.890. The van der Waals surface area contributed by atoms with Gasteiger partial charge in [-0.2, -0.15) is 0 Å². The first-order valence-corrected chi connectivity index (χ1v) is 4.30. The molecule has 1 saturated heterocycles. The van der Waals surface area contributed by atoms with E-state index in [0.29, 0.717) is 6.42 Å². The normalized spacial score (nSPS) is 31.1. The molecule has 1 heterocycles. The predicted molar refractivity (Wildman–Crippen MR) is 43.9 cm³/mol. The van der Waals surface area contributed by atoms with E-state index in [9.17, 15) is 9.90 Å². The molecule has 4 heteroatoms. The molecule has 1 rings (SSSR count). The van der Waals surface area contributed by atoms with Crippen LogP contribution in [0.5, 0.6) is 0 Å². The third-order valence-electron chi connectivity index (χ3n) is 2.29. The number of carboxylic acid groups (broad SMARTS) is 1. The highest BCUT2D eigenvalue weighted by molar-refractivity contribution is 5.67. The molecule has 12 heavy (non-hydrogen) atoms. The summed E-state index contributed by atoms with van der Waals surface area (Å²) in [7, 11) is 0. The molecule has 0 bridgehead atoms. The quantitative estimate of drug-likeness (QED) is 0.542. The van der Waals surface area contributed by atoms with Crippen molar-refractivity contribution in [1.29, 1.82) is 0 Å². The molecule has 0 radical (unpaired) electrons. The lowest BCUT2D eigenvalue weighted by molar-refractivity contribution is -0.139. The first-order chi connectivity index (χ1) is 5.70. The van der Waals surface area contributed by atoms with Crippen LogP contribution in [0.2, 0.25) is 0 Å². The first kappa shape index (κ1) is 9.48. The lowest BCUT2D eigenvalue weighted by atomic mass is 9.94. The lowest BCUT2D eigenvalue weighted by Gasteiger charge is -2.16. The molecule has 0 aromatic carbocycles. The highest BCUT2D eigenvalue weighted by Crippen LogP contribution is 2.17. The van der Waals surface area contributed by atoms with Crippen LogP contribution in [0.4, 0.5) is 0 Å². The summed E-state index contributed by atoms with van der Waals surface area (Å²) in [6.07, 6.45) is 1.06. The molecular weight excluding hydrogens is 158 g/mol. The van der Waals surface area contributed by atoms with E-state index in [2.05, 4.69) is 5.32 Å². The third-order valence-corrected chi connectivity index (χ3v) is 2.29. The van der Waals surface area contributed by atoms with Crippen molar-refractivity contribution in [3.8, 4) is 0 Å². The van der Waals surface area contributed by atoms with Crippen molar-refractivity contribution >= 4 is 5.97 Å². The minimum Gasteiger partial charge on any atom is -0.481 e. The maximum atomic E-state index is 10.4. The summed E-state index contributed by atoms with van der Waals surface area (Å²) in [6, 6.07) is 0. The fourth-order valence-corrected chi connectivity index (χ4v) is 1.55. The highest BCUT2D eigenvalue weighted by Gasteiger charge is 2.23. The van der Waals surface area contributed by atoms with Crippen molar-refractivity contribution in [1.82, 2.24) is 5.32 Å². The van der Waals surface area contributed by atoms with Crippen LogP contribution in [0, 0.1) is 5.92 Å². The smallest absolute Gasteiger partial charge is 0.303 e. The Balaban J connectivity index is 2.41. The standard InChI is InChI=1S/C8H15NO3/c10-7-2-4-9-3-1-6(7)5-8(11)12/h6-7,9-10H,1-5H2,(H,11,12)/t6-,7+/m1/s1. The molecule has 70 valence electrons. The van der Waals surface area contributed by atoms with Crippen molar-refractivity contribution in [2.75, 3.05) is 13.1 Å². The number of carboxylic acids is 1. The number of nitrogens with one attached hydrogen (secondary N) is 1. The zero-order valence-corrected chi connectivity index (χ0v) is 6.99. The monoisotopic (exact) mass is 173 g/mol. The summed E-state index contributed by atoms with van der Waals surface area (Å²) < 4.78 is 0. The van der Waals surface area contributed by atoms with Crippen LogP contribution in [0.1, 0.15) is 19.3 Å². The fourth-order valence-electron chi connectivity index (χ4n) is 1.55. The van der Waals surface area contributed by atoms with Gasteiger partial charge in [0, 0.05) is 0 Å². The molecule has 2 atom stereocenters. The molecule has 0 aromatic rings. The SMILES string of the molecule is O=C(O)C[C@H]1CCNCC[C@@H]1O. The predicted octanol–water partition coefficient (Wildman–Crippen LogP) is -0.178. The largest absolute Gasteiger partial charge is 0.481 e. The van der Waals surface area contributed by atoms with E-state index < -0.39 is 12.1 Å². The molecule has 0 aromatic heterocycles. The van der Waals surface area contributed by atoms with E-state index in [4.69, 9.17) is 5.11 Å². The second kappa shape index (κ2) is 4.42. The van der Waals surface area contributed by atoms with E-state index in [-0.39, 0.29) is 12.3 Å². The summed E-state index contributed by atoms with van der Waals surface area (Å²) in [6.45, 7) is 1.60. The maximum absolute atomic E-state index is 10.4. The van der Waals surface area contributed by atoms with Crippen LogP contribution in [-0.4, -0.2) is 35.4 Å². The van der Waals surface area contributed by atoms with Gasteiger partial charge in [-0.1, -0.05) is 0 Å². The van der Waals surface area contributed by atoms with Gasteiger partial charge in [-0.15, -0.1) is 0 Å². The molecule has 4 nitrogen and oxygen atoms in total. The van der Waals surface area contributed by atoms with Gasteiger partial charge in [-0.05, 0) is 31.8 Å². The summed E-state index contributed by atoms with van der Waals surface area (Å²) in [5, 5.41) is 21.2. The Labute approximate surface area is 71.6 Å². The Morgan fingerprint density at radius 1 is 1.42 bits per heavy atom. The van der Waals surface area contributed by atoms with Gasteiger partial charge in [0.2, 0.25) is 0 Å². The van der Waals surface area contributed by atoms with Crippen LogP contribution in [0.25, 0.3) is 0 Å². The van der Waals surface area contributed by atoms with Crippen LogP contribution < -0.4 is 5.32 Å². The average Bonchev–Trinajstić information content (AvgIpc) is 2.16. The van der Waals surface area contributed by atoms with Gasteiger partial charge in [-0.3, -0.25) is 4.79 Å². The van der Waals surface area contributed by atoms with Gasteiger partial charge in [0.15, 0.2) is 0 Å². The number of aliphatic carboxylic acids is 1. The molecule has 3 N–H and O–H groups in total. The van der Waals surface area contributed by atoms with E-state index in [1.54, 1.807) is 0 Å². The molecule has 1 fully saturated rings. The highest BCUT2D eigenvalue weighted by atomic mass is 16.4. The Morgan fingerprint density at radius 3 is 2.75 bits per heavy atom. The minimum absolute atomic E-state index is 0.0718. The molecule has 1 aliphatic heterocycles. The van der Waals surface area contributed by atoms with Crippen molar-refractivity contribution in [2.45, 2.75) is 25.4 Å². The zero-order valence-electron chi connectivity index (χ0n) is 6.99. The molecular formula is C8H15NO3. The average molecular weight is 173 g/mol. The minimum atomic E-state index is -0.819. The molecule has 1 aliphatic rings. The van der Waals surface area contributed by atoms with Crippen LogP contribution in [0.3, 0.4) is 0 Å². The topological polar surface area (TPSA) is 69.6 Å². The Hall–Kier alpha value is -0.610. The maximum Gasteiger partial charge on any atom is 0.303 e. The van der Waals surface area contributed by atoms with Gasteiger partial charge in [0.25, 0.3) is 0 Å². The van der Waals surface area contributed by atoms with Crippen molar-refractivity contribution in [3.63, 3.8) is 0 Å². The van der Waals surface area contributed by atoms with Gasteiger partial charge in [0.1, 0.15) is 0 Å². The Morgan fingerprint density at radius 2 is 2.08 bits per heavy atom. The Kier molecular flexibility index (Phi) is 3.49. The second-order valence-corrected chi connectivity index (χ2v) is 3.25. The van der Waals surface area contributed by atoms with E-state index in [1.807, 2.05) is 0 Å². The number of rotatable bonds is 2. The van der Waals surface area contributed by atoms with E-state index in [0.717, 1.165) is 19.5 Å². The number of aliphatic hydroxyl groups excluding tert-OH is 1. The van der Waals surface area contributed by atoms with Crippen LogP contribution >= 0.6 is 0 Å². The summed E-state index contributed by atoms with van der Waals surface area (Å²) in [5.41, 5.74) is 0. The molecule has 0 aliphatic carbocycles. The van der Waals surface area contributed by atoms with E-state index >= 15 is 0 Å². The molecule has 0 unspecified atom stereocenters. The van der Waals surface area contributed by atoms with Gasteiger partial charge in [-0.25, -0.2) is 0 Å². The van der Waals surface area contributed by atoms with Gasteiger partial charge >= 0.3 is 5.97 Å². The second-order valence-electron chi connectivity index (χ2n) is 3.25. The van der Waals surface area contributed by atoms with E-state index in [1.165, 1.54) is 0 Å². The van der Waals surface area contributed by atoms with Crippen molar-refractivity contribution in [2.24, 2.45) is 5.92 Å². The Bertz CT molecular complexity index is 160. The van der Waals surface area contributed by atoms with Gasteiger partial charge in [0.05, 0.1) is 12.5 Å². The molecule has 0 saturated carbocycles. The number of hydrogen-bond acceptors (Lipinski definition) is 3. The molecule has 0 amide bonds. The van der Waals surface area contributed by atoms with Crippen LogP contribution in [-0.2, 0) is 4.79 Å². The molecule has 0 spiro atoms. The van der Waals surface area contributed by atoms with Gasteiger partial charge < -0.3 is 15.5 Å². The number of hydrogen-bond donors (Lipinski definition) is 3. The number of carbonyl (C=O) groups is 1. The summed E-state index contributed by atoms with van der Waals surface area (Å²) >= 11 is 0. The summed E-state index contributed by atoms with van der Waals surface area (Å²) in [4.78, 5) is 10.4. The lowest BCUT2D eigenvalue weighted by Crippen LogP contribution is -2.22. The van der Waals surface area contributed by atoms with Crippen LogP contribution in [0.15, 0.2) is 0 Å².